The number of aliphatic hydroxyl groups excluding tert-OH is 1. The number of nitrogens with zero attached hydrogens (tertiary/aromatic N) is 1. The summed E-state index contributed by atoms with van der Waals surface area (Å²) in [7, 11) is 0. The normalized spacial score (nSPS) is 12.0. The Morgan fingerprint density at radius 1 is 1.00 bits per heavy atom. The number of amides is 1. The van der Waals surface area contributed by atoms with Gasteiger partial charge in [-0.2, -0.15) is 13.2 Å². The van der Waals surface area contributed by atoms with Crippen molar-refractivity contribution < 1.29 is 27.5 Å². The first kappa shape index (κ1) is 24.4. The molecule has 0 atom stereocenters. The van der Waals surface area contributed by atoms with Gasteiger partial charge in [0.15, 0.2) is 0 Å². The standard InChI is InChI=1S/C25H24F4N2O2/c1-3-24(4-2,23(33)31-20-11-9-19(26)10-12-20)18-7-5-16(6-8-18)21-14-30-22(25(27,28)29)13-17(21)15-32/h5-14,32H,3-4,15H2,1-2H3,(H,31,33). The summed E-state index contributed by atoms with van der Waals surface area (Å²) in [5, 5.41) is 12.4. The SMILES string of the molecule is CCC(CC)(C(=O)Nc1ccc(F)cc1)c1ccc(-c2cnc(C(F)(F)F)cc2CO)cc1. The van der Waals surface area contributed by atoms with E-state index >= 15 is 0 Å². The molecule has 0 aliphatic heterocycles. The number of aromatic nitrogens is 1. The lowest BCUT2D eigenvalue weighted by Crippen LogP contribution is -2.39. The van der Waals surface area contributed by atoms with E-state index < -0.39 is 29.7 Å². The van der Waals surface area contributed by atoms with Crippen LogP contribution in [0.2, 0.25) is 0 Å². The number of anilines is 1. The van der Waals surface area contributed by atoms with Crippen molar-refractivity contribution >= 4 is 11.6 Å². The highest BCUT2D eigenvalue weighted by Gasteiger charge is 2.37. The summed E-state index contributed by atoms with van der Waals surface area (Å²) >= 11 is 0. The van der Waals surface area contributed by atoms with Gasteiger partial charge in [0.05, 0.1) is 12.0 Å². The Hall–Kier alpha value is -3.26. The Labute approximate surface area is 189 Å². The van der Waals surface area contributed by atoms with Crippen molar-refractivity contribution in [3.63, 3.8) is 0 Å². The second-order valence-electron chi connectivity index (χ2n) is 7.71. The van der Waals surface area contributed by atoms with Crippen LogP contribution in [0.3, 0.4) is 0 Å². The number of carbonyl (C=O) groups is 1. The molecule has 0 radical (unpaired) electrons. The monoisotopic (exact) mass is 460 g/mol. The van der Waals surface area contributed by atoms with E-state index in [1.165, 1.54) is 24.3 Å². The zero-order chi connectivity index (χ0) is 24.2. The highest BCUT2D eigenvalue weighted by molar-refractivity contribution is 5.99. The second kappa shape index (κ2) is 9.70. The summed E-state index contributed by atoms with van der Waals surface area (Å²) in [6.07, 6.45) is -2.51. The van der Waals surface area contributed by atoms with Crippen molar-refractivity contribution in [1.82, 2.24) is 4.98 Å². The van der Waals surface area contributed by atoms with Crippen LogP contribution in [0.1, 0.15) is 43.5 Å². The molecule has 174 valence electrons. The van der Waals surface area contributed by atoms with Crippen LogP contribution in [0.25, 0.3) is 11.1 Å². The molecule has 0 spiro atoms. The molecular formula is C25H24F4N2O2. The van der Waals surface area contributed by atoms with Gasteiger partial charge in [-0.05, 0) is 59.9 Å². The minimum Gasteiger partial charge on any atom is -0.392 e. The number of hydrogen-bond donors (Lipinski definition) is 2. The minimum atomic E-state index is -4.61. The van der Waals surface area contributed by atoms with Gasteiger partial charge < -0.3 is 10.4 Å². The Balaban J connectivity index is 1.93. The number of halogens is 4. The largest absolute Gasteiger partial charge is 0.433 e. The summed E-state index contributed by atoms with van der Waals surface area (Å²) in [4.78, 5) is 16.7. The topological polar surface area (TPSA) is 62.2 Å². The molecule has 0 aliphatic carbocycles. The van der Waals surface area contributed by atoms with Gasteiger partial charge in [-0.1, -0.05) is 38.1 Å². The van der Waals surface area contributed by atoms with Gasteiger partial charge in [0.25, 0.3) is 0 Å². The Morgan fingerprint density at radius 2 is 1.61 bits per heavy atom. The van der Waals surface area contributed by atoms with E-state index in [2.05, 4.69) is 10.3 Å². The number of aliphatic hydroxyl groups is 1. The smallest absolute Gasteiger partial charge is 0.392 e. The first-order valence-electron chi connectivity index (χ1n) is 10.5. The third-order valence-electron chi connectivity index (χ3n) is 5.94. The van der Waals surface area contributed by atoms with Crippen molar-refractivity contribution in [2.45, 2.75) is 44.9 Å². The van der Waals surface area contributed by atoms with E-state index in [9.17, 15) is 27.5 Å². The lowest BCUT2D eigenvalue weighted by atomic mass is 9.74. The van der Waals surface area contributed by atoms with Crippen LogP contribution in [0, 0.1) is 5.82 Å². The molecule has 0 unspecified atom stereocenters. The molecule has 33 heavy (non-hydrogen) atoms. The number of alkyl halides is 3. The number of pyridine rings is 1. The number of hydrogen-bond acceptors (Lipinski definition) is 3. The van der Waals surface area contributed by atoms with E-state index in [1.54, 1.807) is 24.3 Å². The third kappa shape index (κ3) is 5.06. The van der Waals surface area contributed by atoms with Gasteiger partial charge in [-0.25, -0.2) is 4.39 Å². The number of nitrogens with one attached hydrogen (secondary N) is 1. The summed E-state index contributed by atoms with van der Waals surface area (Å²) in [6.45, 7) is 3.22. The molecule has 1 amide bonds. The molecule has 3 rings (SSSR count). The molecule has 0 saturated heterocycles. The molecule has 1 heterocycles. The fourth-order valence-corrected chi connectivity index (χ4v) is 3.91. The summed E-state index contributed by atoms with van der Waals surface area (Å²) in [5.74, 6) is -0.639. The maximum Gasteiger partial charge on any atom is 0.433 e. The zero-order valence-corrected chi connectivity index (χ0v) is 18.2. The van der Waals surface area contributed by atoms with Crippen LogP contribution in [0.5, 0.6) is 0 Å². The second-order valence-corrected chi connectivity index (χ2v) is 7.71. The molecule has 4 nitrogen and oxygen atoms in total. The highest BCUT2D eigenvalue weighted by atomic mass is 19.4. The van der Waals surface area contributed by atoms with Crippen LogP contribution in [-0.4, -0.2) is 16.0 Å². The predicted octanol–water partition coefficient (Wildman–Crippen LogP) is 6.10. The molecule has 0 bridgehead atoms. The molecule has 2 N–H and O–H groups in total. The Bertz CT molecular complexity index is 1110. The fraction of sp³-hybridized carbons (Fsp3) is 0.280. The van der Waals surface area contributed by atoms with Gasteiger partial charge in [-0.3, -0.25) is 9.78 Å². The molecule has 0 aliphatic rings. The van der Waals surface area contributed by atoms with Gasteiger partial charge >= 0.3 is 6.18 Å². The van der Waals surface area contributed by atoms with E-state index in [1.807, 2.05) is 13.8 Å². The van der Waals surface area contributed by atoms with Crippen LogP contribution in [-0.2, 0) is 23.0 Å². The van der Waals surface area contributed by atoms with Crippen LogP contribution in [0.15, 0.2) is 60.8 Å². The molecule has 3 aromatic rings. The molecule has 2 aromatic carbocycles. The van der Waals surface area contributed by atoms with E-state index in [0.29, 0.717) is 29.7 Å². The maximum absolute atomic E-state index is 13.2. The van der Waals surface area contributed by atoms with Crippen molar-refractivity contribution in [2.75, 3.05) is 5.32 Å². The van der Waals surface area contributed by atoms with E-state index in [-0.39, 0.29) is 11.5 Å². The molecule has 8 heteroatoms. The van der Waals surface area contributed by atoms with Gasteiger partial charge in [0.2, 0.25) is 5.91 Å². The third-order valence-corrected chi connectivity index (χ3v) is 5.94. The Morgan fingerprint density at radius 3 is 2.12 bits per heavy atom. The van der Waals surface area contributed by atoms with Gasteiger partial charge in [0.1, 0.15) is 11.5 Å². The first-order chi connectivity index (χ1) is 15.6. The minimum absolute atomic E-state index is 0.108. The van der Waals surface area contributed by atoms with Gasteiger partial charge in [0, 0.05) is 17.4 Å². The van der Waals surface area contributed by atoms with Crippen LogP contribution >= 0.6 is 0 Å². The number of rotatable bonds is 7. The lowest BCUT2D eigenvalue weighted by molar-refractivity contribution is -0.141. The van der Waals surface area contributed by atoms with Crippen molar-refractivity contribution in [1.29, 1.82) is 0 Å². The first-order valence-corrected chi connectivity index (χ1v) is 10.5. The lowest BCUT2D eigenvalue weighted by Gasteiger charge is -2.31. The Kier molecular flexibility index (Phi) is 7.17. The average molecular weight is 460 g/mol. The van der Waals surface area contributed by atoms with E-state index in [0.717, 1.165) is 17.8 Å². The fourth-order valence-electron chi connectivity index (χ4n) is 3.91. The summed E-state index contributed by atoms with van der Waals surface area (Å²) in [6, 6.07) is 13.2. The molecule has 1 aromatic heterocycles. The van der Waals surface area contributed by atoms with Crippen molar-refractivity contribution in [3.05, 3.63) is 83.4 Å². The molecule has 0 saturated carbocycles. The maximum atomic E-state index is 13.2. The van der Waals surface area contributed by atoms with Crippen LogP contribution < -0.4 is 5.32 Å². The van der Waals surface area contributed by atoms with Crippen molar-refractivity contribution in [3.8, 4) is 11.1 Å². The summed E-state index contributed by atoms with van der Waals surface area (Å²) in [5.41, 5.74) is 0.353. The molecule has 0 fully saturated rings. The summed E-state index contributed by atoms with van der Waals surface area (Å²) < 4.78 is 52.0. The average Bonchev–Trinajstić information content (AvgIpc) is 2.81. The van der Waals surface area contributed by atoms with Crippen LogP contribution in [0.4, 0.5) is 23.2 Å². The number of benzene rings is 2. The van der Waals surface area contributed by atoms with Gasteiger partial charge in [-0.15, -0.1) is 0 Å². The van der Waals surface area contributed by atoms with E-state index in [4.69, 9.17) is 0 Å². The zero-order valence-electron chi connectivity index (χ0n) is 18.2. The highest BCUT2D eigenvalue weighted by Crippen LogP contribution is 2.36. The molecular weight excluding hydrogens is 436 g/mol. The quantitative estimate of drug-likeness (QED) is 0.419. The number of carbonyl (C=O) groups excluding carboxylic acids is 1. The van der Waals surface area contributed by atoms with Crippen molar-refractivity contribution in [2.24, 2.45) is 0 Å². The predicted molar refractivity (Wildman–Crippen MR) is 118 cm³/mol.